The fourth-order valence-electron chi connectivity index (χ4n) is 16.3. The van der Waals surface area contributed by atoms with Crippen LogP contribution < -0.4 is 0 Å². The van der Waals surface area contributed by atoms with Crippen molar-refractivity contribution in [2.75, 3.05) is 91.9 Å². The summed E-state index contributed by atoms with van der Waals surface area (Å²) in [5, 5.41) is 1.26. The Bertz CT molecular complexity index is 3160. The average Bonchev–Trinajstić information content (AvgIpc) is 3.08. The third-order valence-corrected chi connectivity index (χ3v) is 22.9. The van der Waals surface area contributed by atoms with Crippen molar-refractivity contribution in [3.8, 4) is 22.5 Å². The lowest BCUT2D eigenvalue weighted by atomic mass is 9.83. The molecule has 0 atom stereocenters. The van der Waals surface area contributed by atoms with Crippen LogP contribution in [0.3, 0.4) is 0 Å². The first-order chi connectivity index (χ1) is 41.5. The van der Waals surface area contributed by atoms with Crippen molar-refractivity contribution in [1.82, 2.24) is 39.4 Å². The largest absolute Gasteiger partial charge is 0.378 e. The van der Waals surface area contributed by atoms with Gasteiger partial charge >= 0.3 is 0 Å². The Kier molecular flexibility index (Phi) is 18.4. The van der Waals surface area contributed by atoms with Gasteiger partial charge in [0, 0.05) is 103 Å². The number of aromatic amines is 2. The van der Waals surface area contributed by atoms with E-state index < -0.39 is 5.41 Å². The predicted molar refractivity (Wildman–Crippen MR) is 343 cm³/mol. The lowest BCUT2D eigenvalue weighted by Gasteiger charge is -2.35. The number of morpholine rings is 2. The molecule has 2 aromatic carbocycles. The summed E-state index contributed by atoms with van der Waals surface area (Å²) in [6.45, 7) is 26.5. The molecule has 14 nitrogen and oxygen atoms in total. The number of nitrogens with zero attached hydrogens (tertiary/aromatic N) is 6. The number of carbonyl (C=O) groups excluding carboxylic acids is 4. The summed E-state index contributed by atoms with van der Waals surface area (Å²) in [6.07, 6.45) is 19.0. The third-order valence-electron chi connectivity index (χ3n) is 21.5. The zero-order valence-corrected chi connectivity index (χ0v) is 53.7. The van der Waals surface area contributed by atoms with Gasteiger partial charge in [-0.3, -0.25) is 19.2 Å². The topological polar surface area (TPSA) is 138 Å². The van der Waals surface area contributed by atoms with Gasteiger partial charge in [-0.15, -0.1) is 11.3 Å². The second-order valence-corrected chi connectivity index (χ2v) is 29.3. The normalized spacial score (nSPS) is 23.4. The maximum Gasteiger partial charge on any atom is 0.233 e. The van der Waals surface area contributed by atoms with Gasteiger partial charge in [-0.05, 0) is 216 Å². The number of aromatic nitrogens is 2. The highest BCUT2D eigenvalue weighted by Gasteiger charge is 2.48. The lowest BCUT2D eigenvalue weighted by Crippen LogP contribution is -2.47. The molecule has 8 aliphatic heterocycles. The zero-order chi connectivity index (χ0) is 59.9. The van der Waals surface area contributed by atoms with Crippen LogP contribution in [-0.4, -0.2) is 179 Å². The molecule has 8 saturated heterocycles. The highest BCUT2D eigenvalue weighted by molar-refractivity contribution is 7.19. The molecule has 464 valence electrons. The highest BCUT2D eigenvalue weighted by atomic mass is 32.1. The number of piperidine rings is 2. The van der Waals surface area contributed by atoms with Crippen LogP contribution in [0, 0.1) is 38.0 Å². The van der Waals surface area contributed by atoms with Crippen molar-refractivity contribution in [2.45, 2.75) is 181 Å². The molecular weight excluding hydrogens is 1090 g/mol. The maximum atomic E-state index is 13.9. The molecule has 5 aromatic rings. The van der Waals surface area contributed by atoms with Crippen LogP contribution in [0.5, 0.6) is 0 Å². The first kappa shape index (κ1) is 60.9. The Labute approximate surface area is 516 Å². The van der Waals surface area contributed by atoms with Gasteiger partial charge in [0.1, 0.15) is 4.83 Å². The Morgan fingerprint density at radius 2 is 1.03 bits per heavy atom. The summed E-state index contributed by atoms with van der Waals surface area (Å²) in [5.41, 5.74) is 11.9. The van der Waals surface area contributed by atoms with Crippen LogP contribution in [0.1, 0.15) is 149 Å². The van der Waals surface area contributed by atoms with Crippen molar-refractivity contribution in [1.29, 1.82) is 0 Å². The molecule has 8 aliphatic rings. The highest BCUT2D eigenvalue weighted by Crippen LogP contribution is 2.46. The van der Waals surface area contributed by atoms with Gasteiger partial charge in [-0.25, -0.2) is 0 Å². The minimum atomic E-state index is -0.536. The van der Waals surface area contributed by atoms with Crippen LogP contribution >= 0.6 is 11.3 Å². The number of likely N-dealkylation sites (tertiary alicyclic amines) is 2. The van der Waals surface area contributed by atoms with Gasteiger partial charge < -0.3 is 48.8 Å². The van der Waals surface area contributed by atoms with Crippen molar-refractivity contribution in [3.63, 3.8) is 0 Å². The molecule has 0 aliphatic carbocycles. The number of H-pyrrole nitrogens is 2. The number of benzene rings is 2. The molecule has 0 saturated carbocycles. The Morgan fingerprint density at radius 3 is 1.55 bits per heavy atom. The van der Waals surface area contributed by atoms with E-state index in [1.54, 1.807) is 11.3 Å². The van der Waals surface area contributed by atoms with Crippen molar-refractivity contribution >= 4 is 45.2 Å². The van der Waals surface area contributed by atoms with Crippen LogP contribution in [0.25, 0.3) is 32.7 Å². The fourth-order valence-corrected chi connectivity index (χ4v) is 17.5. The summed E-state index contributed by atoms with van der Waals surface area (Å²) in [7, 11) is 0. The zero-order valence-electron chi connectivity index (χ0n) is 52.9. The molecule has 13 rings (SSSR count). The van der Waals surface area contributed by atoms with Crippen LogP contribution in [-0.2, 0) is 53.3 Å². The van der Waals surface area contributed by atoms with Crippen molar-refractivity contribution in [3.05, 3.63) is 93.0 Å². The van der Waals surface area contributed by atoms with E-state index >= 15 is 0 Å². The van der Waals surface area contributed by atoms with E-state index in [2.05, 4.69) is 133 Å². The molecular formula is C71H98N8O6S. The number of hydrogen-bond donors (Lipinski definition) is 2. The molecule has 0 spiro atoms. The second kappa shape index (κ2) is 26.0. The minimum absolute atomic E-state index is 0.140. The molecule has 8 fully saturated rings. The number of hydrogen-bond acceptors (Lipinski definition) is 9. The first-order valence-corrected chi connectivity index (χ1v) is 34.1. The number of thiophene rings is 1. The molecule has 2 N–H and O–H groups in total. The summed E-state index contributed by atoms with van der Waals surface area (Å²) >= 11 is 1.76. The van der Waals surface area contributed by atoms with Gasteiger partial charge in [-0.2, -0.15) is 0 Å². The number of carbonyl (C=O) groups is 4. The number of fused-ring (bicyclic) bond motifs is 5. The van der Waals surface area contributed by atoms with Crippen LogP contribution in [0.15, 0.2) is 54.7 Å². The molecule has 0 radical (unpaired) electrons. The average molecular weight is 1190 g/mol. The molecule has 4 bridgehead atoms. The number of amides is 4. The van der Waals surface area contributed by atoms with Crippen molar-refractivity contribution < 1.29 is 28.7 Å². The van der Waals surface area contributed by atoms with E-state index in [0.29, 0.717) is 74.2 Å². The Morgan fingerprint density at radius 1 is 0.547 bits per heavy atom. The van der Waals surface area contributed by atoms with Crippen LogP contribution in [0.4, 0.5) is 0 Å². The van der Waals surface area contributed by atoms with Crippen molar-refractivity contribution in [2.24, 2.45) is 17.3 Å². The molecule has 4 amide bonds. The summed E-state index contributed by atoms with van der Waals surface area (Å²) in [4.78, 5) is 77.1. The molecule has 3 aromatic heterocycles. The van der Waals surface area contributed by atoms with E-state index in [-0.39, 0.29) is 17.3 Å². The van der Waals surface area contributed by atoms with E-state index in [0.717, 1.165) is 122 Å². The molecule has 86 heavy (non-hydrogen) atoms. The van der Waals surface area contributed by atoms with Crippen LogP contribution in [0.2, 0.25) is 0 Å². The lowest BCUT2D eigenvalue weighted by molar-refractivity contribution is -0.142. The summed E-state index contributed by atoms with van der Waals surface area (Å²) < 4.78 is 10.9. The standard InChI is InChI=1S/C36H52N4O3.C35H46N4O3S/c1-25-21-26(2)23-29(22-25)33-32(12-16-38-14-10-27(11-15-38)34(41)39-17-19-43-20-18-39)28(24-37-33)9-13-36(3,4)35(42)40-30-5-6-31(40)8-7-30;1-23-5-4-6-25(21-23)31-28(13-16-37-14-11-24(12-15-37)33(40)38-17-19-42-20-18-38)29-22-30(43-32(29)36-31)35(2,3)34(41)39-26-7-8-27(39)10-9-26/h21-24,27,30-31,37H,5-20H2,1-4H3;4-6,21-22,24,26-27,36H,7-20H2,1-3H3. The molecule has 0 unspecified atom stereocenters. The first-order valence-electron chi connectivity index (χ1n) is 33.3. The predicted octanol–water partition coefficient (Wildman–Crippen LogP) is 11.3. The van der Waals surface area contributed by atoms with Gasteiger partial charge in [0.15, 0.2) is 0 Å². The summed E-state index contributed by atoms with van der Waals surface area (Å²) in [5.74, 6) is 1.60. The van der Waals surface area contributed by atoms with E-state index in [1.807, 2.05) is 9.80 Å². The Hall–Kier alpha value is -5.32. The third kappa shape index (κ3) is 12.9. The number of rotatable bonds is 16. The van der Waals surface area contributed by atoms with E-state index in [9.17, 15) is 19.2 Å². The number of nitrogens with one attached hydrogen (secondary N) is 2. The monoisotopic (exact) mass is 1190 g/mol. The quantitative estimate of drug-likeness (QED) is 0.0996. The Balaban J connectivity index is 0.000000168. The van der Waals surface area contributed by atoms with Gasteiger partial charge in [-0.1, -0.05) is 54.8 Å². The second-order valence-electron chi connectivity index (χ2n) is 28.2. The van der Waals surface area contributed by atoms with E-state index in [1.165, 1.54) is 117 Å². The minimum Gasteiger partial charge on any atom is -0.378 e. The maximum absolute atomic E-state index is 13.9. The van der Waals surface area contributed by atoms with Gasteiger partial charge in [0.05, 0.1) is 37.5 Å². The molecule has 11 heterocycles. The summed E-state index contributed by atoms with van der Waals surface area (Å²) in [6, 6.07) is 19.7. The number of ether oxygens (including phenoxy) is 2. The van der Waals surface area contributed by atoms with E-state index in [4.69, 9.17) is 9.47 Å². The number of aryl methyl sites for hydroxylation is 4. The molecule has 15 heteroatoms. The van der Waals surface area contributed by atoms with Gasteiger partial charge in [0.25, 0.3) is 0 Å². The smallest absolute Gasteiger partial charge is 0.233 e. The fraction of sp³-hybridized carbons (Fsp3) is 0.634. The SMILES string of the molecule is Cc1cc(C)cc(-c2[nH]cc(CCC(C)(C)C(=O)N3C4CCC3CC4)c2CCN2CCC(C(=O)N3CCOCC3)CC2)c1.Cc1cccc(-c2[nH]c3sc(C(C)(C)C(=O)N4C5CCC4CC5)cc3c2CCN2CCC(C(=O)N3CCOCC3)CC2)c1. The van der Waals surface area contributed by atoms with Gasteiger partial charge in [0.2, 0.25) is 23.6 Å².